The molecule has 4 rings (SSSR count). The molecule has 2 aliphatic rings. The summed E-state index contributed by atoms with van der Waals surface area (Å²) in [5, 5.41) is 17.7. The van der Waals surface area contributed by atoms with E-state index in [1.165, 1.54) is 25.7 Å². The van der Waals surface area contributed by atoms with Gasteiger partial charge in [-0.05, 0) is 31.2 Å². The van der Waals surface area contributed by atoms with Crippen LogP contribution in [-0.4, -0.2) is 27.7 Å². The van der Waals surface area contributed by atoms with Crippen molar-refractivity contribution in [2.75, 3.05) is 17.2 Å². The Hall–Kier alpha value is -2.14. The first-order valence-electron chi connectivity index (χ1n) is 8.95. The van der Waals surface area contributed by atoms with Gasteiger partial charge in [-0.15, -0.1) is 0 Å². The number of rotatable bonds is 4. The van der Waals surface area contributed by atoms with Crippen LogP contribution in [0.3, 0.4) is 0 Å². The minimum atomic E-state index is -0.789. The lowest BCUT2D eigenvalue weighted by Crippen LogP contribution is -2.23. The number of nitrogens with one attached hydrogen (secondary N) is 2. The fourth-order valence-electron chi connectivity index (χ4n) is 3.64. The van der Waals surface area contributed by atoms with Gasteiger partial charge in [0.25, 0.3) is 0 Å². The van der Waals surface area contributed by atoms with Gasteiger partial charge in [0.1, 0.15) is 6.10 Å². The lowest BCUT2D eigenvalue weighted by Gasteiger charge is -2.24. The Bertz CT molecular complexity index is 698. The molecule has 0 radical (unpaired) electrons. The van der Waals surface area contributed by atoms with Gasteiger partial charge < -0.3 is 15.7 Å². The second-order valence-electron chi connectivity index (χ2n) is 6.72. The summed E-state index contributed by atoms with van der Waals surface area (Å²) in [5.74, 6) is 1.35. The van der Waals surface area contributed by atoms with Gasteiger partial charge >= 0.3 is 0 Å². The van der Waals surface area contributed by atoms with Gasteiger partial charge in [-0.1, -0.05) is 43.2 Å². The molecule has 1 atom stereocenters. The minimum absolute atomic E-state index is 0.481. The highest BCUT2D eigenvalue weighted by Crippen LogP contribution is 2.32. The smallest absolute Gasteiger partial charge is 0.164 e. The van der Waals surface area contributed by atoms with Crippen molar-refractivity contribution in [3.8, 4) is 0 Å². The summed E-state index contributed by atoms with van der Waals surface area (Å²) in [6.45, 7) is 0.955. The van der Waals surface area contributed by atoms with Crippen molar-refractivity contribution in [3.05, 3.63) is 47.4 Å². The molecule has 126 valence electrons. The third kappa shape index (κ3) is 3.08. The highest BCUT2D eigenvalue weighted by molar-refractivity contribution is 5.68. The molecule has 0 bridgehead atoms. The van der Waals surface area contributed by atoms with E-state index >= 15 is 0 Å². The Labute approximate surface area is 142 Å². The molecule has 5 nitrogen and oxygen atoms in total. The number of aliphatic hydroxyl groups is 1. The van der Waals surface area contributed by atoms with Crippen LogP contribution in [0, 0.1) is 0 Å². The van der Waals surface area contributed by atoms with Crippen molar-refractivity contribution >= 4 is 11.5 Å². The number of aromatic nitrogens is 2. The van der Waals surface area contributed by atoms with Gasteiger partial charge in [-0.2, -0.15) is 0 Å². The molecule has 1 aliphatic carbocycles. The summed E-state index contributed by atoms with van der Waals surface area (Å²) >= 11 is 0. The van der Waals surface area contributed by atoms with Gasteiger partial charge in [0.15, 0.2) is 11.6 Å². The number of anilines is 2. The Kier molecular flexibility index (Phi) is 4.34. The SMILES string of the molecule is O[C@@H](c1ccccc1)c1nc2c(c(NC3CCCC3)n1)NCCC2. The fourth-order valence-corrected chi connectivity index (χ4v) is 3.64. The van der Waals surface area contributed by atoms with Crippen LogP contribution in [-0.2, 0) is 6.42 Å². The van der Waals surface area contributed by atoms with Gasteiger partial charge in [-0.25, -0.2) is 9.97 Å². The number of aliphatic hydroxyl groups excluding tert-OH is 1. The summed E-state index contributed by atoms with van der Waals surface area (Å²) in [6.07, 6.45) is 6.13. The Morgan fingerprint density at radius 3 is 2.67 bits per heavy atom. The maximum Gasteiger partial charge on any atom is 0.164 e. The van der Waals surface area contributed by atoms with Crippen LogP contribution in [0.15, 0.2) is 30.3 Å². The molecule has 1 aromatic carbocycles. The number of benzene rings is 1. The predicted octanol–water partition coefficient (Wildman–Crippen LogP) is 3.27. The molecule has 1 aromatic heterocycles. The molecule has 0 spiro atoms. The van der Waals surface area contributed by atoms with E-state index in [4.69, 9.17) is 4.98 Å². The number of hydrogen-bond acceptors (Lipinski definition) is 5. The quantitative estimate of drug-likeness (QED) is 0.805. The predicted molar refractivity (Wildman–Crippen MR) is 95.2 cm³/mol. The zero-order chi connectivity index (χ0) is 16.4. The first kappa shape index (κ1) is 15.4. The average molecular weight is 324 g/mol. The van der Waals surface area contributed by atoms with Gasteiger partial charge in [0.2, 0.25) is 0 Å². The molecule has 1 saturated carbocycles. The van der Waals surface area contributed by atoms with E-state index < -0.39 is 6.10 Å². The number of fused-ring (bicyclic) bond motifs is 1. The van der Waals surface area contributed by atoms with Gasteiger partial charge in [0.05, 0.1) is 11.4 Å². The molecule has 2 aromatic rings. The summed E-state index contributed by atoms with van der Waals surface area (Å²) in [4.78, 5) is 9.35. The molecule has 0 unspecified atom stereocenters. The Morgan fingerprint density at radius 2 is 1.88 bits per heavy atom. The molecule has 1 aliphatic heterocycles. The van der Waals surface area contributed by atoms with E-state index in [0.717, 1.165) is 42.1 Å². The number of aryl methyl sites for hydroxylation is 1. The summed E-state index contributed by atoms with van der Waals surface area (Å²) in [7, 11) is 0. The second kappa shape index (κ2) is 6.77. The minimum Gasteiger partial charge on any atom is -0.381 e. The first-order chi connectivity index (χ1) is 11.8. The molecular weight excluding hydrogens is 300 g/mol. The summed E-state index contributed by atoms with van der Waals surface area (Å²) in [6, 6.07) is 10.1. The van der Waals surface area contributed by atoms with E-state index in [1.807, 2.05) is 30.3 Å². The second-order valence-corrected chi connectivity index (χ2v) is 6.72. The molecule has 1 fully saturated rings. The monoisotopic (exact) mass is 324 g/mol. The maximum atomic E-state index is 10.7. The largest absolute Gasteiger partial charge is 0.381 e. The maximum absolute atomic E-state index is 10.7. The first-order valence-corrected chi connectivity index (χ1v) is 8.95. The molecule has 0 amide bonds. The summed E-state index contributed by atoms with van der Waals surface area (Å²) < 4.78 is 0. The lowest BCUT2D eigenvalue weighted by atomic mass is 10.1. The average Bonchev–Trinajstić information content (AvgIpc) is 3.15. The third-order valence-corrected chi connectivity index (χ3v) is 4.95. The van der Waals surface area contributed by atoms with E-state index in [9.17, 15) is 5.11 Å². The van der Waals surface area contributed by atoms with Crippen LogP contribution in [0.1, 0.15) is 55.3 Å². The van der Waals surface area contributed by atoms with Crippen molar-refractivity contribution in [3.63, 3.8) is 0 Å². The normalized spacial score (nSPS) is 18.7. The topological polar surface area (TPSA) is 70.1 Å². The molecule has 24 heavy (non-hydrogen) atoms. The van der Waals surface area contributed by atoms with Crippen LogP contribution in [0.4, 0.5) is 11.5 Å². The molecule has 5 heteroatoms. The van der Waals surface area contributed by atoms with Crippen LogP contribution in [0.2, 0.25) is 0 Å². The van der Waals surface area contributed by atoms with Gasteiger partial charge in [0, 0.05) is 12.6 Å². The van der Waals surface area contributed by atoms with Crippen molar-refractivity contribution in [2.24, 2.45) is 0 Å². The zero-order valence-corrected chi connectivity index (χ0v) is 13.8. The Morgan fingerprint density at radius 1 is 1.08 bits per heavy atom. The van der Waals surface area contributed by atoms with E-state index in [-0.39, 0.29) is 0 Å². The van der Waals surface area contributed by atoms with Crippen molar-refractivity contribution in [1.29, 1.82) is 0 Å². The van der Waals surface area contributed by atoms with Crippen molar-refractivity contribution in [2.45, 2.75) is 50.7 Å². The van der Waals surface area contributed by atoms with Crippen LogP contribution in [0.25, 0.3) is 0 Å². The summed E-state index contributed by atoms with van der Waals surface area (Å²) in [5.41, 5.74) is 2.87. The lowest BCUT2D eigenvalue weighted by molar-refractivity contribution is 0.209. The molecule has 3 N–H and O–H groups in total. The Balaban J connectivity index is 1.69. The third-order valence-electron chi connectivity index (χ3n) is 4.95. The van der Waals surface area contributed by atoms with Crippen LogP contribution in [0.5, 0.6) is 0 Å². The molecule has 0 saturated heterocycles. The van der Waals surface area contributed by atoms with E-state index in [1.54, 1.807) is 0 Å². The molecule has 2 heterocycles. The highest BCUT2D eigenvalue weighted by atomic mass is 16.3. The molecular formula is C19H24N4O. The van der Waals surface area contributed by atoms with Crippen molar-refractivity contribution < 1.29 is 5.11 Å². The van der Waals surface area contributed by atoms with E-state index in [2.05, 4.69) is 15.6 Å². The highest BCUT2D eigenvalue weighted by Gasteiger charge is 2.24. The van der Waals surface area contributed by atoms with Gasteiger partial charge in [-0.3, -0.25) is 0 Å². The van der Waals surface area contributed by atoms with Crippen molar-refractivity contribution in [1.82, 2.24) is 9.97 Å². The van der Waals surface area contributed by atoms with Crippen LogP contribution < -0.4 is 10.6 Å². The van der Waals surface area contributed by atoms with E-state index in [0.29, 0.717) is 11.9 Å². The standard InChI is InChI=1S/C19H24N4O/c24-17(13-7-2-1-3-8-13)19-22-15-11-6-12-20-16(15)18(23-19)21-14-9-4-5-10-14/h1-3,7-8,14,17,20,24H,4-6,9-12H2,(H,21,22,23)/t17-/m0/s1. The fraction of sp³-hybridized carbons (Fsp3) is 0.474. The van der Waals surface area contributed by atoms with Crippen LogP contribution >= 0.6 is 0 Å². The zero-order valence-electron chi connectivity index (χ0n) is 13.8. The number of hydrogen-bond donors (Lipinski definition) is 3. The number of nitrogens with zero attached hydrogens (tertiary/aromatic N) is 2.